The Bertz CT molecular complexity index is 961. The summed E-state index contributed by atoms with van der Waals surface area (Å²) >= 11 is 0. The summed E-state index contributed by atoms with van der Waals surface area (Å²) in [5.41, 5.74) is 2.65. The smallest absolute Gasteiger partial charge is 0.253 e. The molecule has 0 saturated heterocycles. The summed E-state index contributed by atoms with van der Waals surface area (Å²) in [7, 11) is 0. The molecule has 0 aliphatic heterocycles. The van der Waals surface area contributed by atoms with Crippen LogP contribution in [-0.2, 0) is 4.79 Å². The Morgan fingerprint density at radius 1 is 0.800 bits per heavy atom. The van der Waals surface area contributed by atoms with Crippen LogP contribution < -0.4 is 16.0 Å². The van der Waals surface area contributed by atoms with E-state index in [0.717, 1.165) is 44.5 Å². The molecule has 1 aliphatic rings. The molecule has 3 N–H and O–H groups in total. The van der Waals surface area contributed by atoms with Gasteiger partial charge in [-0.3, -0.25) is 14.4 Å². The van der Waals surface area contributed by atoms with Gasteiger partial charge in [-0.15, -0.1) is 0 Å². The minimum Gasteiger partial charge on any atom is -0.376 e. The van der Waals surface area contributed by atoms with Gasteiger partial charge in [0, 0.05) is 41.6 Å². The first-order chi connectivity index (χ1) is 17.0. The number of carbonyl (C=O) groups is 3. The standard InChI is InChI=1S/C28H38N4O3/c1-3-18-32(19-4-2)28(35)22-12-14-23(15-13-22)29-20-26(33)30-25-16-10-21(11-17-25)27(34)31-24-8-6-5-7-9-24/h10-17,24,29H,3-9,18-20H2,1-2H3,(H,30,33)(H,31,34). The van der Waals surface area contributed by atoms with Gasteiger partial charge in [-0.1, -0.05) is 33.1 Å². The topological polar surface area (TPSA) is 90.5 Å². The number of hydrogen-bond acceptors (Lipinski definition) is 4. The van der Waals surface area contributed by atoms with Crippen LogP contribution in [-0.4, -0.2) is 48.3 Å². The fourth-order valence-corrected chi connectivity index (χ4v) is 4.38. The third kappa shape index (κ3) is 8.12. The molecule has 35 heavy (non-hydrogen) atoms. The van der Waals surface area contributed by atoms with Crippen LogP contribution in [0.25, 0.3) is 0 Å². The Kier molecular flexibility index (Phi) is 10.1. The van der Waals surface area contributed by atoms with Crippen LogP contribution in [0.5, 0.6) is 0 Å². The molecule has 188 valence electrons. The van der Waals surface area contributed by atoms with Crippen LogP contribution in [0.3, 0.4) is 0 Å². The highest BCUT2D eigenvalue weighted by molar-refractivity contribution is 5.97. The number of benzene rings is 2. The van der Waals surface area contributed by atoms with Gasteiger partial charge in [0.05, 0.1) is 6.54 Å². The highest BCUT2D eigenvalue weighted by atomic mass is 16.2. The van der Waals surface area contributed by atoms with Crippen molar-refractivity contribution in [2.45, 2.75) is 64.8 Å². The highest BCUT2D eigenvalue weighted by Crippen LogP contribution is 2.18. The van der Waals surface area contributed by atoms with Crippen molar-refractivity contribution in [1.82, 2.24) is 10.2 Å². The maximum absolute atomic E-state index is 12.7. The number of nitrogens with one attached hydrogen (secondary N) is 3. The third-order valence-corrected chi connectivity index (χ3v) is 6.23. The normalized spacial score (nSPS) is 13.7. The van der Waals surface area contributed by atoms with Gasteiger partial charge in [-0.2, -0.15) is 0 Å². The van der Waals surface area contributed by atoms with Gasteiger partial charge in [0.25, 0.3) is 11.8 Å². The Morgan fingerprint density at radius 3 is 1.97 bits per heavy atom. The van der Waals surface area contributed by atoms with E-state index in [-0.39, 0.29) is 30.3 Å². The molecule has 1 fully saturated rings. The lowest BCUT2D eigenvalue weighted by Crippen LogP contribution is -2.36. The summed E-state index contributed by atoms with van der Waals surface area (Å²) in [5.74, 6) is -0.221. The predicted molar refractivity (Wildman–Crippen MR) is 141 cm³/mol. The lowest BCUT2D eigenvalue weighted by atomic mass is 9.95. The molecule has 2 aromatic rings. The maximum atomic E-state index is 12.7. The molecule has 0 unspecified atom stereocenters. The maximum Gasteiger partial charge on any atom is 0.253 e. The van der Waals surface area contributed by atoms with Crippen LogP contribution in [0, 0.1) is 0 Å². The van der Waals surface area contributed by atoms with Gasteiger partial charge in [0.15, 0.2) is 0 Å². The van der Waals surface area contributed by atoms with Gasteiger partial charge < -0.3 is 20.9 Å². The molecule has 7 nitrogen and oxygen atoms in total. The highest BCUT2D eigenvalue weighted by Gasteiger charge is 2.17. The van der Waals surface area contributed by atoms with Gasteiger partial charge in [0.2, 0.25) is 5.91 Å². The Morgan fingerprint density at radius 2 is 1.37 bits per heavy atom. The molecule has 1 saturated carbocycles. The van der Waals surface area contributed by atoms with Gasteiger partial charge >= 0.3 is 0 Å². The van der Waals surface area contributed by atoms with Crippen molar-refractivity contribution in [3.63, 3.8) is 0 Å². The number of carbonyl (C=O) groups excluding carboxylic acids is 3. The average Bonchev–Trinajstić information content (AvgIpc) is 2.88. The molecule has 0 bridgehead atoms. The third-order valence-electron chi connectivity index (χ3n) is 6.23. The number of anilines is 2. The molecule has 7 heteroatoms. The van der Waals surface area contributed by atoms with Crippen molar-refractivity contribution in [2.24, 2.45) is 0 Å². The first-order valence-electron chi connectivity index (χ1n) is 12.8. The Hall–Kier alpha value is -3.35. The molecule has 3 rings (SSSR count). The molecule has 0 aromatic heterocycles. The van der Waals surface area contributed by atoms with Crippen molar-refractivity contribution in [3.05, 3.63) is 59.7 Å². The van der Waals surface area contributed by atoms with E-state index in [1.807, 2.05) is 17.0 Å². The van der Waals surface area contributed by atoms with E-state index in [1.165, 1.54) is 19.3 Å². The zero-order valence-electron chi connectivity index (χ0n) is 20.9. The van der Waals surface area contributed by atoms with Crippen molar-refractivity contribution in [2.75, 3.05) is 30.3 Å². The molecular weight excluding hydrogens is 440 g/mol. The van der Waals surface area contributed by atoms with E-state index < -0.39 is 0 Å². The molecular formula is C28H38N4O3. The van der Waals surface area contributed by atoms with Crippen molar-refractivity contribution < 1.29 is 14.4 Å². The molecule has 2 aromatic carbocycles. The summed E-state index contributed by atoms with van der Waals surface area (Å²) in [5, 5.41) is 9.03. The second-order valence-electron chi connectivity index (χ2n) is 9.16. The SMILES string of the molecule is CCCN(CCC)C(=O)c1ccc(NCC(=O)Nc2ccc(C(=O)NC3CCCCC3)cc2)cc1. The molecule has 3 amide bonds. The van der Waals surface area contributed by atoms with Gasteiger partial charge in [0.1, 0.15) is 0 Å². The van der Waals surface area contributed by atoms with E-state index in [4.69, 9.17) is 0 Å². The number of hydrogen-bond donors (Lipinski definition) is 3. The Balaban J connectivity index is 1.45. The van der Waals surface area contributed by atoms with E-state index in [0.29, 0.717) is 16.8 Å². The fraction of sp³-hybridized carbons (Fsp3) is 0.464. The van der Waals surface area contributed by atoms with Gasteiger partial charge in [-0.05, 0) is 74.2 Å². The minimum atomic E-state index is -0.193. The first kappa shape index (κ1) is 26.3. The van der Waals surface area contributed by atoms with Crippen LogP contribution in [0.15, 0.2) is 48.5 Å². The zero-order valence-corrected chi connectivity index (χ0v) is 20.9. The molecule has 1 aliphatic carbocycles. The fourth-order valence-electron chi connectivity index (χ4n) is 4.38. The molecule has 0 radical (unpaired) electrons. The number of amides is 3. The first-order valence-corrected chi connectivity index (χ1v) is 12.8. The summed E-state index contributed by atoms with van der Waals surface area (Å²) in [6.45, 7) is 5.72. The number of nitrogens with zero attached hydrogens (tertiary/aromatic N) is 1. The lowest BCUT2D eigenvalue weighted by molar-refractivity contribution is -0.114. The lowest BCUT2D eigenvalue weighted by Gasteiger charge is -2.22. The van der Waals surface area contributed by atoms with Crippen molar-refractivity contribution in [1.29, 1.82) is 0 Å². The van der Waals surface area contributed by atoms with Crippen LogP contribution in [0.1, 0.15) is 79.5 Å². The van der Waals surface area contributed by atoms with Crippen molar-refractivity contribution in [3.8, 4) is 0 Å². The monoisotopic (exact) mass is 478 g/mol. The van der Waals surface area contributed by atoms with Crippen molar-refractivity contribution >= 4 is 29.1 Å². The van der Waals surface area contributed by atoms with E-state index in [2.05, 4.69) is 29.8 Å². The molecule has 0 spiro atoms. The second kappa shape index (κ2) is 13.5. The predicted octanol–water partition coefficient (Wildman–Crippen LogP) is 5.06. The van der Waals surface area contributed by atoms with Gasteiger partial charge in [-0.25, -0.2) is 0 Å². The average molecular weight is 479 g/mol. The number of rotatable bonds is 11. The van der Waals surface area contributed by atoms with E-state index in [9.17, 15) is 14.4 Å². The minimum absolute atomic E-state index is 0.0360. The van der Waals surface area contributed by atoms with E-state index in [1.54, 1.807) is 36.4 Å². The van der Waals surface area contributed by atoms with Crippen LogP contribution in [0.4, 0.5) is 11.4 Å². The second-order valence-corrected chi connectivity index (χ2v) is 9.16. The Labute approximate surface area is 208 Å². The van der Waals surface area contributed by atoms with Crippen LogP contribution >= 0.6 is 0 Å². The molecule has 0 heterocycles. The summed E-state index contributed by atoms with van der Waals surface area (Å²) < 4.78 is 0. The summed E-state index contributed by atoms with van der Waals surface area (Å²) in [6, 6.07) is 14.4. The van der Waals surface area contributed by atoms with Crippen LogP contribution in [0.2, 0.25) is 0 Å². The quantitative estimate of drug-likeness (QED) is 0.421. The van der Waals surface area contributed by atoms with E-state index >= 15 is 0 Å². The molecule has 0 atom stereocenters. The largest absolute Gasteiger partial charge is 0.376 e. The zero-order chi connectivity index (χ0) is 25.0. The summed E-state index contributed by atoms with van der Waals surface area (Å²) in [6.07, 6.45) is 7.53. The summed E-state index contributed by atoms with van der Waals surface area (Å²) in [4.78, 5) is 39.4.